The molecule has 1 heterocycles. The summed E-state index contributed by atoms with van der Waals surface area (Å²) in [5.74, 6) is -0.848. The monoisotopic (exact) mass is 286 g/mol. The van der Waals surface area contributed by atoms with E-state index in [0.717, 1.165) is 25.9 Å². The molecular formula is C13H16ClFN2O2. The molecule has 4 nitrogen and oxygen atoms in total. The highest BCUT2D eigenvalue weighted by Gasteiger charge is 2.15. The number of piperidine rings is 1. The average Bonchev–Trinajstić information content (AvgIpc) is 2.42. The third kappa shape index (κ3) is 4.45. The second kappa shape index (κ2) is 6.84. The SMILES string of the molecule is O=C(COC1CCNCC1)Nc1ccc(Cl)c(F)c1. The number of amides is 1. The molecule has 104 valence electrons. The van der Waals surface area contributed by atoms with Gasteiger partial charge < -0.3 is 15.4 Å². The summed E-state index contributed by atoms with van der Waals surface area (Å²) in [6.07, 6.45) is 1.93. The Morgan fingerprint density at radius 3 is 2.89 bits per heavy atom. The van der Waals surface area contributed by atoms with Gasteiger partial charge in [0.2, 0.25) is 5.91 Å². The van der Waals surface area contributed by atoms with Gasteiger partial charge in [0.05, 0.1) is 11.1 Å². The van der Waals surface area contributed by atoms with Crippen molar-refractivity contribution in [3.8, 4) is 0 Å². The summed E-state index contributed by atoms with van der Waals surface area (Å²) in [5, 5.41) is 5.82. The highest BCUT2D eigenvalue weighted by Crippen LogP contribution is 2.18. The Morgan fingerprint density at radius 2 is 2.21 bits per heavy atom. The smallest absolute Gasteiger partial charge is 0.250 e. The number of rotatable bonds is 4. The number of carbonyl (C=O) groups excluding carboxylic acids is 1. The molecule has 6 heteroatoms. The minimum atomic E-state index is -0.557. The molecule has 0 aliphatic carbocycles. The Balaban J connectivity index is 1.78. The first-order valence-corrected chi connectivity index (χ1v) is 6.60. The molecule has 2 N–H and O–H groups in total. The number of hydrogen-bond donors (Lipinski definition) is 2. The molecule has 1 amide bonds. The summed E-state index contributed by atoms with van der Waals surface area (Å²) in [5.41, 5.74) is 0.376. The van der Waals surface area contributed by atoms with Gasteiger partial charge in [0.15, 0.2) is 0 Å². The number of hydrogen-bond acceptors (Lipinski definition) is 3. The minimum absolute atomic E-state index is 0.0189. The first-order chi connectivity index (χ1) is 9.15. The molecule has 2 rings (SSSR count). The van der Waals surface area contributed by atoms with Crippen molar-refractivity contribution in [2.75, 3.05) is 25.0 Å². The lowest BCUT2D eigenvalue weighted by molar-refractivity contribution is -0.123. The molecule has 0 bridgehead atoms. The summed E-state index contributed by atoms with van der Waals surface area (Å²) in [7, 11) is 0. The van der Waals surface area contributed by atoms with Gasteiger partial charge in [-0.15, -0.1) is 0 Å². The molecule has 0 unspecified atom stereocenters. The minimum Gasteiger partial charge on any atom is -0.368 e. The number of halogens is 2. The quantitative estimate of drug-likeness (QED) is 0.892. The van der Waals surface area contributed by atoms with Crippen LogP contribution in [0, 0.1) is 5.82 Å². The van der Waals surface area contributed by atoms with Gasteiger partial charge in [-0.05, 0) is 44.1 Å². The maximum absolute atomic E-state index is 13.2. The topological polar surface area (TPSA) is 50.4 Å². The van der Waals surface area contributed by atoms with E-state index < -0.39 is 5.82 Å². The van der Waals surface area contributed by atoms with Crippen molar-refractivity contribution in [3.05, 3.63) is 29.0 Å². The number of anilines is 1. The van der Waals surface area contributed by atoms with Crippen molar-refractivity contribution in [2.24, 2.45) is 0 Å². The van der Waals surface area contributed by atoms with Crippen LogP contribution >= 0.6 is 11.6 Å². The lowest BCUT2D eigenvalue weighted by Gasteiger charge is -2.22. The fraction of sp³-hybridized carbons (Fsp3) is 0.462. The number of nitrogens with one attached hydrogen (secondary N) is 2. The maximum Gasteiger partial charge on any atom is 0.250 e. The van der Waals surface area contributed by atoms with Crippen molar-refractivity contribution in [1.29, 1.82) is 0 Å². The van der Waals surface area contributed by atoms with E-state index >= 15 is 0 Å². The standard InChI is InChI=1S/C13H16ClFN2O2/c14-11-2-1-9(7-12(11)15)17-13(18)8-19-10-3-5-16-6-4-10/h1-2,7,10,16H,3-6,8H2,(H,17,18). The fourth-order valence-electron chi connectivity index (χ4n) is 1.93. The third-order valence-electron chi connectivity index (χ3n) is 2.94. The van der Waals surface area contributed by atoms with Crippen LogP contribution in [0.2, 0.25) is 5.02 Å². The molecule has 0 aromatic heterocycles. The molecule has 19 heavy (non-hydrogen) atoms. The van der Waals surface area contributed by atoms with Gasteiger partial charge in [-0.2, -0.15) is 0 Å². The van der Waals surface area contributed by atoms with Crippen LogP contribution in [-0.4, -0.2) is 31.7 Å². The summed E-state index contributed by atoms with van der Waals surface area (Å²) in [6.45, 7) is 1.80. The zero-order valence-electron chi connectivity index (χ0n) is 10.4. The lowest BCUT2D eigenvalue weighted by atomic mass is 10.1. The van der Waals surface area contributed by atoms with Crippen LogP contribution in [0.3, 0.4) is 0 Å². The number of benzene rings is 1. The van der Waals surface area contributed by atoms with Crippen molar-refractivity contribution in [3.63, 3.8) is 0 Å². The normalized spacial score (nSPS) is 16.3. The molecule has 0 saturated carbocycles. The second-order valence-electron chi connectivity index (χ2n) is 4.44. The van der Waals surface area contributed by atoms with E-state index in [-0.39, 0.29) is 23.6 Å². The summed E-state index contributed by atoms with van der Waals surface area (Å²) in [6, 6.07) is 4.14. The molecule has 1 fully saturated rings. The zero-order valence-corrected chi connectivity index (χ0v) is 11.2. The van der Waals surface area contributed by atoms with Gasteiger partial charge in [0.1, 0.15) is 12.4 Å². The number of ether oxygens (including phenoxy) is 1. The van der Waals surface area contributed by atoms with Crippen LogP contribution in [0.5, 0.6) is 0 Å². The highest BCUT2D eigenvalue weighted by molar-refractivity contribution is 6.30. The van der Waals surface area contributed by atoms with Crippen LogP contribution in [-0.2, 0) is 9.53 Å². The zero-order chi connectivity index (χ0) is 13.7. The Bertz CT molecular complexity index is 450. The van der Waals surface area contributed by atoms with Crippen molar-refractivity contribution in [2.45, 2.75) is 18.9 Å². The van der Waals surface area contributed by atoms with E-state index in [1.54, 1.807) is 6.07 Å². The Kier molecular flexibility index (Phi) is 5.13. The van der Waals surface area contributed by atoms with E-state index in [4.69, 9.17) is 16.3 Å². The Labute approximate surface area is 116 Å². The van der Waals surface area contributed by atoms with Gasteiger partial charge in [0, 0.05) is 5.69 Å². The summed E-state index contributed by atoms with van der Waals surface area (Å²) in [4.78, 5) is 11.6. The van der Waals surface area contributed by atoms with Gasteiger partial charge in [-0.25, -0.2) is 4.39 Å². The molecule has 0 radical (unpaired) electrons. The molecule has 1 aliphatic heterocycles. The van der Waals surface area contributed by atoms with Gasteiger partial charge in [0.25, 0.3) is 0 Å². The van der Waals surface area contributed by atoms with Gasteiger partial charge in [-0.3, -0.25) is 4.79 Å². The first kappa shape index (κ1) is 14.2. The lowest BCUT2D eigenvalue weighted by Crippen LogP contribution is -2.34. The summed E-state index contributed by atoms with van der Waals surface area (Å²) < 4.78 is 18.7. The van der Waals surface area contributed by atoms with E-state index in [0.29, 0.717) is 5.69 Å². The maximum atomic E-state index is 13.2. The second-order valence-corrected chi connectivity index (χ2v) is 4.84. The fourth-order valence-corrected chi connectivity index (χ4v) is 2.04. The molecule has 1 aromatic carbocycles. The van der Waals surface area contributed by atoms with Crippen molar-refractivity contribution >= 4 is 23.2 Å². The Morgan fingerprint density at radius 1 is 1.47 bits per heavy atom. The van der Waals surface area contributed by atoms with Crippen LogP contribution in [0.4, 0.5) is 10.1 Å². The molecule has 1 aliphatic rings. The summed E-state index contributed by atoms with van der Waals surface area (Å²) >= 11 is 5.56. The molecule has 1 saturated heterocycles. The highest BCUT2D eigenvalue weighted by atomic mass is 35.5. The van der Waals surface area contributed by atoms with Crippen molar-refractivity contribution < 1.29 is 13.9 Å². The van der Waals surface area contributed by atoms with Crippen LogP contribution in [0.15, 0.2) is 18.2 Å². The first-order valence-electron chi connectivity index (χ1n) is 6.22. The molecular weight excluding hydrogens is 271 g/mol. The van der Waals surface area contributed by atoms with E-state index in [2.05, 4.69) is 10.6 Å². The van der Waals surface area contributed by atoms with Crippen molar-refractivity contribution in [1.82, 2.24) is 5.32 Å². The Hall–Kier alpha value is -1.17. The molecule has 1 aromatic rings. The molecule has 0 atom stereocenters. The van der Waals surface area contributed by atoms with E-state index in [1.165, 1.54) is 12.1 Å². The van der Waals surface area contributed by atoms with E-state index in [1.807, 2.05) is 0 Å². The van der Waals surface area contributed by atoms with Crippen LogP contribution < -0.4 is 10.6 Å². The molecule has 0 spiro atoms. The average molecular weight is 287 g/mol. The third-order valence-corrected chi connectivity index (χ3v) is 3.25. The van der Waals surface area contributed by atoms with Crippen LogP contribution in [0.1, 0.15) is 12.8 Å². The largest absolute Gasteiger partial charge is 0.368 e. The number of carbonyl (C=O) groups is 1. The predicted octanol–water partition coefficient (Wildman–Crippen LogP) is 2.19. The van der Waals surface area contributed by atoms with Gasteiger partial charge >= 0.3 is 0 Å². The van der Waals surface area contributed by atoms with Crippen LogP contribution in [0.25, 0.3) is 0 Å². The van der Waals surface area contributed by atoms with E-state index in [9.17, 15) is 9.18 Å². The van der Waals surface area contributed by atoms with Gasteiger partial charge in [-0.1, -0.05) is 11.6 Å². The predicted molar refractivity (Wildman–Crippen MR) is 71.9 cm³/mol.